The van der Waals surface area contributed by atoms with Crippen molar-refractivity contribution in [3.05, 3.63) is 62.7 Å². The summed E-state index contributed by atoms with van der Waals surface area (Å²) in [6.45, 7) is 1.95. The van der Waals surface area contributed by atoms with E-state index >= 15 is 0 Å². The highest BCUT2D eigenvalue weighted by atomic mass is 32.1. The maximum absolute atomic E-state index is 12.3. The molecule has 0 spiro atoms. The number of nitrogens with zero attached hydrogens (tertiary/aromatic N) is 2. The van der Waals surface area contributed by atoms with Crippen molar-refractivity contribution in [3.8, 4) is 0 Å². The molecule has 0 aliphatic rings. The van der Waals surface area contributed by atoms with Gasteiger partial charge in [-0.05, 0) is 24.4 Å². The van der Waals surface area contributed by atoms with Crippen LogP contribution in [0.3, 0.4) is 0 Å². The summed E-state index contributed by atoms with van der Waals surface area (Å²) < 4.78 is 1.29. The van der Waals surface area contributed by atoms with Gasteiger partial charge in [-0.2, -0.15) is 5.10 Å². The minimum Gasteiger partial charge on any atom is -0.348 e. The standard InChI is InChI=1S/C17H17N3O2S/c1-11(15-8-5-9-23-15)18-16(21)10-14-12-6-3-4-7-13(12)17(22)20(2)19-14/h3-9,11H,10H2,1-2H3,(H,18,21)/t11-/m0/s1. The number of hydrogen-bond acceptors (Lipinski definition) is 4. The number of fused-ring (bicyclic) bond motifs is 1. The number of thiophene rings is 1. The maximum Gasteiger partial charge on any atom is 0.274 e. The van der Waals surface area contributed by atoms with Gasteiger partial charge in [0.25, 0.3) is 5.56 Å². The molecule has 1 atom stereocenters. The molecular weight excluding hydrogens is 310 g/mol. The first kappa shape index (κ1) is 15.4. The largest absolute Gasteiger partial charge is 0.348 e. The molecular formula is C17H17N3O2S. The van der Waals surface area contributed by atoms with Crippen molar-refractivity contribution in [1.82, 2.24) is 15.1 Å². The molecule has 0 radical (unpaired) electrons. The third kappa shape index (κ3) is 3.17. The van der Waals surface area contributed by atoms with Crippen LogP contribution in [0, 0.1) is 0 Å². The zero-order valence-electron chi connectivity index (χ0n) is 12.9. The highest BCUT2D eigenvalue weighted by molar-refractivity contribution is 7.10. The van der Waals surface area contributed by atoms with Crippen LogP contribution < -0.4 is 10.9 Å². The van der Waals surface area contributed by atoms with Crippen molar-refractivity contribution in [1.29, 1.82) is 0 Å². The van der Waals surface area contributed by atoms with Crippen LogP contribution in [0.2, 0.25) is 0 Å². The molecule has 3 rings (SSSR count). The predicted octanol–water partition coefficient (Wildman–Crippen LogP) is 2.41. The van der Waals surface area contributed by atoms with Gasteiger partial charge in [0, 0.05) is 17.3 Å². The van der Waals surface area contributed by atoms with E-state index in [2.05, 4.69) is 10.4 Å². The number of hydrogen-bond donors (Lipinski definition) is 1. The van der Waals surface area contributed by atoms with Crippen LogP contribution in [-0.2, 0) is 18.3 Å². The molecule has 0 unspecified atom stereocenters. The zero-order chi connectivity index (χ0) is 16.4. The Morgan fingerprint density at radius 3 is 2.70 bits per heavy atom. The fraction of sp³-hybridized carbons (Fsp3) is 0.235. The number of carbonyl (C=O) groups is 1. The summed E-state index contributed by atoms with van der Waals surface area (Å²) >= 11 is 1.61. The van der Waals surface area contributed by atoms with Gasteiger partial charge in [-0.25, -0.2) is 4.68 Å². The molecule has 0 saturated carbocycles. The number of carbonyl (C=O) groups excluding carboxylic acids is 1. The van der Waals surface area contributed by atoms with Gasteiger partial charge >= 0.3 is 0 Å². The average Bonchev–Trinajstić information content (AvgIpc) is 3.07. The quantitative estimate of drug-likeness (QED) is 0.800. The molecule has 1 amide bonds. The lowest BCUT2D eigenvalue weighted by atomic mass is 10.1. The Labute approximate surface area is 137 Å². The molecule has 2 heterocycles. The van der Waals surface area contributed by atoms with Gasteiger partial charge in [0.2, 0.25) is 5.91 Å². The van der Waals surface area contributed by atoms with Crippen molar-refractivity contribution >= 4 is 28.0 Å². The van der Waals surface area contributed by atoms with Gasteiger partial charge in [0.05, 0.1) is 23.5 Å². The number of amides is 1. The van der Waals surface area contributed by atoms with Gasteiger partial charge in [-0.3, -0.25) is 9.59 Å². The summed E-state index contributed by atoms with van der Waals surface area (Å²) in [5, 5.41) is 10.5. The molecule has 118 valence electrons. The Bertz CT molecular complexity index is 900. The maximum atomic E-state index is 12.3. The van der Waals surface area contributed by atoms with Crippen LogP contribution in [0.25, 0.3) is 10.8 Å². The van der Waals surface area contributed by atoms with Crippen molar-refractivity contribution < 1.29 is 4.79 Å². The smallest absolute Gasteiger partial charge is 0.274 e. The van der Waals surface area contributed by atoms with E-state index in [9.17, 15) is 9.59 Å². The van der Waals surface area contributed by atoms with Crippen molar-refractivity contribution in [2.75, 3.05) is 0 Å². The van der Waals surface area contributed by atoms with E-state index in [-0.39, 0.29) is 23.9 Å². The lowest BCUT2D eigenvalue weighted by Crippen LogP contribution is -2.29. The first-order valence-corrected chi connectivity index (χ1v) is 8.22. The van der Waals surface area contributed by atoms with Crippen LogP contribution in [0.4, 0.5) is 0 Å². The number of rotatable bonds is 4. The van der Waals surface area contributed by atoms with E-state index in [1.165, 1.54) is 4.68 Å². The Morgan fingerprint density at radius 1 is 1.26 bits per heavy atom. The molecule has 0 aliphatic carbocycles. The van der Waals surface area contributed by atoms with Crippen LogP contribution in [0.5, 0.6) is 0 Å². The van der Waals surface area contributed by atoms with Crippen LogP contribution >= 0.6 is 11.3 Å². The van der Waals surface area contributed by atoms with E-state index in [0.29, 0.717) is 11.1 Å². The second-order valence-corrected chi connectivity index (χ2v) is 6.38. The Kier molecular flexibility index (Phi) is 4.25. The first-order chi connectivity index (χ1) is 11.1. The molecule has 23 heavy (non-hydrogen) atoms. The van der Waals surface area contributed by atoms with Gasteiger partial charge in [0.15, 0.2) is 0 Å². The highest BCUT2D eigenvalue weighted by Crippen LogP contribution is 2.19. The van der Waals surface area contributed by atoms with E-state index in [4.69, 9.17) is 0 Å². The van der Waals surface area contributed by atoms with Gasteiger partial charge < -0.3 is 5.32 Å². The SMILES string of the molecule is C[C@H](NC(=O)Cc1nn(C)c(=O)c2ccccc12)c1cccs1. The van der Waals surface area contributed by atoms with Crippen molar-refractivity contribution in [2.45, 2.75) is 19.4 Å². The molecule has 0 saturated heterocycles. The lowest BCUT2D eigenvalue weighted by Gasteiger charge is -2.13. The molecule has 2 aromatic heterocycles. The number of benzene rings is 1. The molecule has 0 fully saturated rings. The third-order valence-corrected chi connectivity index (χ3v) is 4.76. The van der Waals surface area contributed by atoms with Gasteiger partial charge in [0.1, 0.15) is 0 Å². The summed E-state index contributed by atoms with van der Waals surface area (Å²) in [4.78, 5) is 25.5. The molecule has 0 aliphatic heterocycles. The van der Waals surface area contributed by atoms with E-state index in [1.54, 1.807) is 24.5 Å². The summed E-state index contributed by atoms with van der Waals surface area (Å²) in [5.41, 5.74) is 0.454. The second kappa shape index (κ2) is 6.34. The predicted molar refractivity (Wildman–Crippen MR) is 91.6 cm³/mol. The average molecular weight is 327 g/mol. The fourth-order valence-corrected chi connectivity index (χ4v) is 3.29. The summed E-state index contributed by atoms with van der Waals surface area (Å²) in [7, 11) is 1.60. The lowest BCUT2D eigenvalue weighted by molar-refractivity contribution is -0.121. The summed E-state index contributed by atoms with van der Waals surface area (Å²) in [6.07, 6.45) is 0.143. The topological polar surface area (TPSA) is 64.0 Å². The fourth-order valence-electron chi connectivity index (χ4n) is 2.56. The first-order valence-electron chi connectivity index (χ1n) is 7.34. The van der Waals surface area contributed by atoms with Crippen molar-refractivity contribution in [3.63, 3.8) is 0 Å². The number of aromatic nitrogens is 2. The van der Waals surface area contributed by atoms with Crippen LogP contribution in [0.15, 0.2) is 46.6 Å². The molecule has 5 nitrogen and oxygen atoms in total. The molecule has 1 N–H and O–H groups in total. The summed E-state index contributed by atoms with van der Waals surface area (Å²) in [5.74, 6) is -0.109. The minimum absolute atomic E-state index is 0.0405. The monoisotopic (exact) mass is 327 g/mol. The Hall–Kier alpha value is -2.47. The molecule has 0 bridgehead atoms. The van der Waals surface area contributed by atoms with Gasteiger partial charge in [-0.1, -0.05) is 24.3 Å². The van der Waals surface area contributed by atoms with Gasteiger partial charge in [-0.15, -0.1) is 11.3 Å². The second-order valence-electron chi connectivity index (χ2n) is 5.40. The van der Waals surface area contributed by atoms with E-state index in [1.807, 2.05) is 42.6 Å². The minimum atomic E-state index is -0.156. The summed E-state index contributed by atoms with van der Waals surface area (Å²) in [6, 6.07) is 11.2. The zero-order valence-corrected chi connectivity index (χ0v) is 13.8. The molecule has 6 heteroatoms. The highest BCUT2D eigenvalue weighted by Gasteiger charge is 2.15. The Balaban J connectivity index is 1.85. The molecule has 1 aromatic carbocycles. The number of nitrogens with one attached hydrogen (secondary N) is 1. The van der Waals surface area contributed by atoms with Crippen molar-refractivity contribution in [2.24, 2.45) is 7.05 Å². The Morgan fingerprint density at radius 2 is 2.00 bits per heavy atom. The van der Waals surface area contributed by atoms with Crippen LogP contribution in [0.1, 0.15) is 23.5 Å². The van der Waals surface area contributed by atoms with Crippen LogP contribution in [-0.4, -0.2) is 15.7 Å². The third-order valence-electron chi connectivity index (χ3n) is 3.71. The normalized spacial score (nSPS) is 12.3. The molecule has 3 aromatic rings. The number of aryl methyl sites for hydroxylation is 1. The van der Waals surface area contributed by atoms with E-state index in [0.717, 1.165) is 10.3 Å². The van der Waals surface area contributed by atoms with E-state index < -0.39 is 0 Å².